The average Bonchev–Trinajstić information content (AvgIpc) is 2.33. The Bertz CT molecular complexity index is 203. The van der Waals surface area contributed by atoms with Crippen molar-refractivity contribution in [2.45, 2.75) is 59.4 Å². The van der Waals surface area contributed by atoms with Gasteiger partial charge in [0.05, 0.1) is 0 Å². The summed E-state index contributed by atoms with van der Waals surface area (Å²) in [5.41, 5.74) is 0. The highest BCUT2D eigenvalue weighted by atomic mass is 32.4. The molecule has 0 N–H and O–H groups in total. The number of ether oxygens (including phenoxy) is 2. The van der Waals surface area contributed by atoms with E-state index in [1.165, 1.54) is 25.7 Å². The van der Waals surface area contributed by atoms with Crippen LogP contribution in [0.5, 0.6) is 0 Å². The van der Waals surface area contributed by atoms with Crippen LogP contribution in [0.1, 0.15) is 53.4 Å². The smallest absolute Gasteiger partial charge is 0.185 e. The summed E-state index contributed by atoms with van der Waals surface area (Å²) >= 11 is 5.95. The predicted molar refractivity (Wildman–Crippen MR) is 80.9 cm³/mol. The van der Waals surface area contributed by atoms with Crippen molar-refractivity contribution < 1.29 is 9.47 Å². The highest BCUT2D eigenvalue weighted by molar-refractivity contribution is 8.14. The lowest BCUT2D eigenvalue weighted by atomic mass is 10.4. The van der Waals surface area contributed by atoms with Gasteiger partial charge < -0.3 is 9.47 Å². The van der Waals surface area contributed by atoms with Gasteiger partial charge in [0.1, 0.15) is 0 Å². The first-order valence-electron chi connectivity index (χ1n) is 6.95. The van der Waals surface area contributed by atoms with Gasteiger partial charge in [-0.1, -0.05) is 38.5 Å². The molecule has 0 aromatic carbocycles. The third kappa shape index (κ3) is 6.91. The molecule has 0 aliphatic carbocycles. The number of hydrogen-bond donors (Lipinski definition) is 0. The van der Waals surface area contributed by atoms with E-state index in [1.807, 2.05) is 13.8 Å². The molecule has 2 nitrogen and oxygen atoms in total. The molecule has 0 aliphatic rings. The van der Waals surface area contributed by atoms with Gasteiger partial charge >= 0.3 is 0 Å². The van der Waals surface area contributed by atoms with Crippen LogP contribution in [0.4, 0.5) is 0 Å². The fourth-order valence-corrected chi connectivity index (χ4v) is 6.11. The fourth-order valence-electron chi connectivity index (χ4n) is 1.78. The molecule has 0 unspecified atom stereocenters. The molecule has 0 saturated heterocycles. The lowest BCUT2D eigenvalue weighted by Gasteiger charge is -2.30. The van der Waals surface area contributed by atoms with E-state index in [4.69, 9.17) is 21.3 Å². The van der Waals surface area contributed by atoms with E-state index in [0.29, 0.717) is 13.2 Å². The van der Waals surface area contributed by atoms with Crippen LogP contribution in [0.2, 0.25) is 0 Å². The summed E-state index contributed by atoms with van der Waals surface area (Å²) in [5, 5.41) is 0. The molecular formula is C13H29O2PS. The SMILES string of the molecule is CCCCP(=S)(CCCC)C(OCC)OCC. The van der Waals surface area contributed by atoms with Crippen LogP contribution in [0, 0.1) is 0 Å². The molecule has 0 rings (SSSR count). The van der Waals surface area contributed by atoms with E-state index in [0.717, 1.165) is 12.3 Å². The Hall–Kier alpha value is 0.570. The van der Waals surface area contributed by atoms with Crippen molar-refractivity contribution in [1.82, 2.24) is 0 Å². The molecular weight excluding hydrogens is 251 g/mol. The highest BCUT2D eigenvalue weighted by Crippen LogP contribution is 2.53. The van der Waals surface area contributed by atoms with E-state index >= 15 is 0 Å². The molecule has 0 fully saturated rings. The van der Waals surface area contributed by atoms with E-state index in [-0.39, 0.29) is 6.03 Å². The third-order valence-corrected chi connectivity index (χ3v) is 7.61. The lowest BCUT2D eigenvalue weighted by molar-refractivity contribution is -0.0787. The summed E-state index contributed by atoms with van der Waals surface area (Å²) in [6.07, 6.45) is 7.08. The van der Waals surface area contributed by atoms with E-state index in [9.17, 15) is 0 Å². The molecule has 0 amide bonds. The van der Waals surface area contributed by atoms with Crippen molar-refractivity contribution in [2.75, 3.05) is 25.5 Å². The lowest BCUT2D eigenvalue weighted by Crippen LogP contribution is -2.21. The summed E-state index contributed by atoms with van der Waals surface area (Å²) < 4.78 is 11.5. The number of unbranched alkanes of at least 4 members (excludes halogenated alkanes) is 2. The molecule has 0 saturated carbocycles. The van der Waals surface area contributed by atoms with Crippen LogP contribution in [0.3, 0.4) is 0 Å². The molecule has 0 aromatic rings. The zero-order chi connectivity index (χ0) is 13.1. The first-order valence-corrected chi connectivity index (χ1v) is 10.2. The molecule has 0 aromatic heterocycles. The second kappa shape index (κ2) is 10.5. The zero-order valence-corrected chi connectivity index (χ0v) is 13.6. The minimum atomic E-state index is -1.51. The molecule has 0 bridgehead atoms. The largest absolute Gasteiger partial charge is 0.348 e. The Balaban J connectivity index is 4.62. The fraction of sp³-hybridized carbons (Fsp3) is 1.00. The Morgan fingerprint density at radius 3 is 1.59 bits per heavy atom. The molecule has 0 spiro atoms. The first kappa shape index (κ1) is 17.6. The van der Waals surface area contributed by atoms with E-state index < -0.39 is 6.04 Å². The van der Waals surface area contributed by atoms with Crippen LogP contribution in [-0.2, 0) is 21.3 Å². The van der Waals surface area contributed by atoms with Crippen molar-refractivity contribution in [3.05, 3.63) is 0 Å². The summed E-state index contributed by atoms with van der Waals surface area (Å²) in [6, 6.07) is -1.61. The molecule has 0 radical (unpaired) electrons. The highest BCUT2D eigenvalue weighted by Gasteiger charge is 2.28. The van der Waals surface area contributed by atoms with Gasteiger partial charge in [-0.3, -0.25) is 0 Å². The van der Waals surface area contributed by atoms with Crippen LogP contribution in [-0.4, -0.2) is 31.6 Å². The van der Waals surface area contributed by atoms with E-state index in [2.05, 4.69) is 13.8 Å². The number of hydrogen-bond acceptors (Lipinski definition) is 3. The Kier molecular flexibility index (Phi) is 10.8. The minimum absolute atomic E-state index is 0.106. The maximum absolute atomic E-state index is 5.95. The Labute approximate surface area is 112 Å². The standard InChI is InChI=1S/C13H29O2PS/c1-5-9-11-16(17,12-10-6-2)13(14-7-3)15-8-4/h13H,5-12H2,1-4H3. The molecule has 0 aliphatic heterocycles. The van der Waals surface area contributed by atoms with Gasteiger partial charge in [-0.2, -0.15) is 0 Å². The summed E-state index contributed by atoms with van der Waals surface area (Å²) in [7, 11) is 0. The van der Waals surface area contributed by atoms with Gasteiger partial charge in [0, 0.05) is 19.3 Å². The van der Waals surface area contributed by atoms with Crippen LogP contribution in [0.25, 0.3) is 0 Å². The topological polar surface area (TPSA) is 18.5 Å². The second-order valence-electron chi connectivity index (χ2n) is 4.32. The second-order valence-corrected chi connectivity index (χ2v) is 9.73. The normalized spacial score (nSPS) is 12.3. The van der Waals surface area contributed by atoms with Crippen LogP contribution in [0.15, 0.2) is 0 Å². The van der Waals surface area contributed by atoms with Crippen molar-refractivity contribution in [1.29, 1.82) is 0 Å². The van der Waals surface area contributed by atoms with Crippen molar-refractivity contribution >= 4 is 17.8 Å². The van der Waals surface area contributed by atoms with Gasteiger partial charge in [-0.05, 0) is 39.0 Å². The van der Waals surface area contributed by atoms with Gasteiger partial charge in [0.2, 0.25) is 0 Å². The molecule has 0 atom stereocenters. The van der Waals surface area contributed by atoms with Crippen LogP contribution < -0.4 is 0 Å². The van der Waals surface area contributed by atoms with Crippen molar-refractivity contribution in [3.63, 3.8) is 0 Å². The van der Waals surface area contributed by atoms with Gasteiger partial charge in [-0.15, -0.1) is 0 Å². The van der Waals surface area contributed by atoms with Crippen molar-refractivity contribution in [3.8, 4) is 0 Å². The Morgan fingerprint density at radius 2 is 1.29 bits per heavy atom. The summed E-state index contributed by atoms with van der Waals surface area (Å²) in [4.78, 5) is 0. The summed E-state index contributed by atoms with van der Waals surface area (Å²) in [5.74, 6) is 0. The van der Waals surface area contributed by atoms with Crippen LogP contribution >= 0.6 is 6.04 Å². The molecule has 17 heavy (non-hydrogen) atoms. The predicted octanol–water partition coefficient (Wildman–Crippen LogP) is 4.42. The van der Waals surface area contributed by atoms with Gasteiger partial charge in [0.25, 0.3) is 0 Å². The number of rotatable bonds is 11. The average molecular weight is 280 g/mol. The maximum atomic E-state index is 5.95. The molecule has 4 heteroatoms. The monoisotopic (exact) mass is 280 g/mol. The zero-order valence-electron chi connectivity index (χ0n) is 11.9. The maximum Gasteiger partial charge on any atom is 0.185 e. The third-order valence-electron chi connectivity index (χ3n) is 2.78. The molecule has 0 heterocycles. The van der Waals surface area contributed by atoms with Crippen molar-refractivity contribution in [2.24, 2.45) is 0 Å². The van der Waals surface area contributed by atoms with Gasteiger partial charge in [-0.25, -0.2) is 0 Å². The molecule has 104 valence electrons. The minimum Gasteiger partial charge on any atom is -0.348 e. The van der Waals surface area contributed by atoms with Gasteiger partial charge in [0.15, 0.2) is 6.03 Å². The van der Waals surface area contributed by atoms with E-state index in [1.54, 1.807) is 0 Å². The quantitative estimate of drug-likeness (QED) is 0.412. The first-order chi connectivity index (χ1) is 8.14. The Morgan fingerprint density at radius 1 is 0.882 bits per heavy atom. The summed E-state index contributed by atoms with van der Waals surface area (Å²) in [6.45, 7) is 9.87.